The van der Waals surface area contributed by atoms with E-state index in [9.17, 15) is 9.59 Å². The number of ether oxygens (including phenoxy) is 1. The highest BCUT2D eigenvalue weighted by atomic mass is 16.5. The first kappa shape index (κ1) is 16.0. The molecule has 0 radical (unpaired) electrons. The van der Waals surface area contributed by atoms with Crippen molar-refractivity contribution in [2.45, 2.75) is 39.2 Å². The number of rotatable bonds is 4. The molecule has 5 heteroatoms. The van der Waals surface area contributed by atoms with Gasteiger partial charge in [0.2, 0.25) is 11.8 Å². The van der Waals surface area contributed by atoms with Crippen LogP contribution in [-0.4, -0.2) is 37.6 Å². The number of hydrogen-bond acceptors (Lipinski definition) is 3. The maximum atomic E-state index is 12.3. The molecule has 2 aliphatic rings. The van der Waals surface area contributed by atoms with E-state index in [1.807, 2.05) is 32.0 Å². The Morgan fingerprint density at radius 1 is 1.39 bits per heavy atom. The number of amides is 2. The molecule has 1 aromatic carbocycles. The molecule has 1 N–H and O–H groups in total. The van der Waals surface area contributed by atoms with E-state index in [1.54, 1.807) is 4.90 Å². The van der Waals surface area contributed by atoms with Crippen LogP contribution in [0, 0.1) is 19.8 Å². The van der Waals surface area contributed by atoms with Crippen molar-refractivity contribution in [3.05, 3.63) is 29.3 Å². The summed E-state index contributed by atoms with van der Waals surface area (Å²) in [7, 11) is 0. The molecule has 3 rings (SSSR count). The standard InChI is InChI=1S/C18H24N2O3/c1-12-5-3-7-16(13(12)2)20-11-14(9-17(20)21)18(22)19-10-15-6-4-8-23-15/h3,5,7,14-15H,4,6,8-11H2,1-2H3,(H,19,22)/t14-,15-/m1/s1. The molecule has 2 saturated heterocycles. The van der Waals surface area contributed by atoms with Crippen LogP contribution in [0.4, 0.5) is 5.69 Å². The average Bonchev–Trinajstić information content (AvgIpc) is 3.17. The predicted molar refractivity (Wildman–Crippen MR) is 88.4 cm³/mol. The highest BCUT2D eigenvalue weighted by Crippen LogP contribution is 2.29. The van der Waals surface area contributed by atoms with Gasteiger partial charge in [-0.25, -0.2) is 0 Å². The number of carbonyl (C=O) groups excluding carboxylic acids is 2. The summed E-state index contributed by atoms with van der Waals surface area (Å²) in [5.41, 5.74) is 3.17. The topological polar surface area (TPSA) is 58.6 Å². The number of benzene rings is 1. The third kappa shape index (κ3) is 3.39. The Morgan fingerprint density at radius 3 is 2.96 bits per heavy atom. The highest BCUT2D eigenvalue weighted by Gasteiger charge is 2.36. The zero-order chi connectivity index (χ0) is 16.4. The lowest BCUT2D eigenvalue weighted by Gasteiger charge is -2.20. The quantitative estimate of drug-likeness (QED) is 0.924. The molecular formula is C18H24N2O3. The van der Waals surface area contributed by atoms with Gasteiger partial charge in [-0.2, -0.15) is 0 Å². The van der Waals surface area contributed by atoms with Gasteiger partial charge < -0.3 is 15.0 Å². The van der Waals surface area contributed by atoms with E-state index in [2.05, 4.69) is 5.32 Å². The van der Waals surface area contributed by atoms with Gasteiger partial charge in [0.25, 0.3) is 0 Å². The Balaban J connectivity index is 1.62. The molecule has 2 aliphatic heterocycles. The predicted octanol–water partition coefficient (Wildman–Crippen LogP) is 1.95. The minimum absolute atomic E-state index is 0.0240. The third-order valence-electron chi connectivity index (χ3n) is 4.89. The molecule has 5 nitrogen and oxygen atoms in total. The summed E-state index contributed by atoms with van der Waals surface area (Å²) in [6.45, 7) is 5.84. The summed E-state index contributed by atoms with van der Waals surface area (Å²) in [6.07, 6.45) is 2.47. The number of anilines is 1. The van der Waals surface area contributed by atoms with Crippen LogP contribution < -0.4 is 10.2 Å². The van der Waals surface area contributed by atoms with Crippen molar-refractivity contribution in [2.75, 3.05) is 24.6 Å². The van der Waals surface area contributed by atoms with Gasteiger partial charge in [-0.1, -0.05) is 12.1 Å². The van der Waals surface area contributed by atoms with E-state index in [4.69, 9.17) is 4.74 Å². The zero-order valence-electron chi connectivity index (χ0n) is 13.8. The Bertz CT molecular complexity index is 608. The first-order valence-corrected chi connectivity index (χ1v) is 8.32. The molecule has 2 fully saturated rings. The van der Waals surface area contributed by atoms with Crippen LogP contribution in [-0.2, 0) is 14.3 Å². The molecule has 23 heavy (non-hydrogen) atoms. The fourth-order valence-corrected chi connectivity index (χ4v) is 3.31. The molecule has 2 heterocycles. The van der Waals surface area contributed by atoms with Gasteiger partial charge in [-0.3, -0.25) is 9.59 Å². The SMILES string of the molecule is Cc1cccc(N2C[C@H](C(=O)NC[C@H]3CCCO3)CC2=O)c1C. The lowest BCUT2D eigenvalue weighted by atomic mass is 10.1. The van der Waals surface area contributed by atoms with Crippen molar-refractivity contribution in [3.63, 3.8) is 0 Å². The summed E-state index contributed by atoms with van der Waals surface area (Å²) in [6, 6.07) is 5.94. The van der Waals surface area contributed by atoms with Gasteiger partial charge in [-0.05, 0) is 43.9 Å². The molecule has 0 spiro atoms. The van der Waals surface area contributed by atoms with Gasteiger partial charge in [0, 0.05) is 31.8 Å². The van der Waals surface area contributed by atoms with Gasteiger partial charge >= 0.3 is 0 Å². The fourth-order valence-electron chi connectivity index (χ4n) is 3.31. The maximum Gasteiger partial charge on any atom is 0.227 e. The molecule has 0 bridgehead atoms. The van der Waals surface area contributed by atoms with E-state index < -0.39 is 0 Å². The lowest BCUT2D eigenvalue weighted by Crippen LogP contribution is -2.37. The van der Waals surface area contributed by atoms with Crippen LogP contribution >= 0.6 is 0 Å². The Morgan fingerprint density at radius 2 is 2.22 bits per heavy atom. The van der Waals surface area contributed by atoms with E-state index in [0.29, 0.717) is 13.1 Å². The monoisotopic (exact) mass is 316 g/mol. The van der Waals surface area contributed by atoms with Gasteiger partial charge in [0.05, 0.1) is 12.0 Å². The third-order valence-corrected chi connectivity index (χ3v) is 4.89. The molecule has 0 aliphatic carbocycles. The largest absolute Gasteiger partial charge is 0.376 e. The molecular weight excluding hydrogens is 292 g/mol. The molecule has 0 aromatic heterocycles. The van der Waals surface area contributed by atoms with Gasteiger partial charge in [0.15, 0.2) is 0 Å². The smallest absolute Gasteiger partial charge is 0.227 e. The van der Waals surface area contributed by atoms with Crippen LogP contribution in [0.2, 0.25) is 0 Å². The maximum absolute atomic E-state index is 12.3. The second kappa shape index (κ2) is 6.71. The molecule has 2 amide bonds. The summed E-state index contributed by atoms with van der Waals surface area (Å²) in [4.78, 5) is 26.4. The summed E-state index contributed by atoms with van der Waals surface area (Å²) < 4.78 is 5.51. The summed E-state index contributed by atoms with van der Waals surface area (Å²) in [5.74, 6) is -0.290. The van der Waals surface area contributed by atoms with Crippen molar-refractivity contribution >= 4 is 17.5 Å². The number of aryl methyl sites for hydroxylation is 1. The number of nitrogens with one attached hydrogen (secondary N) is 1. The number of nitrogens with zero attached hydrogens (tertiary/aromatic N) is 1. The summed E-state index contributed by atoms with van der Waals surface area (Å²) >= 11 is 0. The van der Waals surface area contributed by atoms with E-state index in [1.165, 1.54) is 0 Å². The second-order valence-corrected chi connectivity index (χ2v) is 6.50. The molecule has 0 saturated carbocycles. The van der Waals surface area contributed by atoms with Gasteiger partial charge in [-0.15, -0.1) is 0 Å². The van der Waals surface area contributed by atoms with Crippen molar-refractivity contribution in [1.82, 2.24) is 5.32 Å². The van der Waals surface area contributed by atoms with Crippen LogP contribution in [0.3, 0.4) is 0 Å². The average molecular weight is 316 g/mol. The number of hydrogen-bond donors (Lipinski definition) is 1. The zero-order valence-corrected chi connectivity index (χ0v) is 13.8. The fraction of sp³-hybridized carbons (Fsp3) is 0.556. The normalized spacial score (nSPS) is 24.3. The van der Waals surface area contributed by atoms with E-state index >= 15 is 0 Å². The van der Waals surface area contributed by atoms with Crippen LogP contribution in [0.15, 0.2) is 18.2 Å². The van der Waals surface area contributed by atoms with E-state index in [0.717, 1.165) is 36.3 Å². The van der Waals surface area contributed by atoms with Crippen molar-refractivity contribution in [2.24, 2.45) is 5.92 Å². The van der Waals surface area contributed by atoms with Crippen molar-refractivity contribution < 1.29 is 14.3 Å². The van der Waals surface area contributed by atoms with Gasteiger partial charge in [0.1, 0.15) is 0 Å². The van der Waals surface area contributed by atoms with Crippen LogP contribution in [0.25, 0.3) is 0 Å². The minimum Gasteiger partial charge on any atom is -0.376 e. The first-order chi connectivity index (χ1) is 11.1. The van der Waals surface area contributed by atoms with Crippen LogP contribution in [0.5, 0.6) is 0 Å². The van der Waals surface area contributed by atoms with E-state index in [-0.39, 0.29) is 30.3 Å². The first-order valence-electron chi connectivity index (χ1n) is 8.32. The number of carbonyl (C=O) groups is 2. The second-order valence-electron chi connectivity index (χ2n) is 6.50. The highest BCUT2D eigenvalue weighted by molar-refractivity contribution is 6.00. The molecule has 1 aromatic rings. The Hall–Kier alpha value is -1.88. The molecule has 2 atom stereocenters. The summed E-state index contributed by atoms with van der Waals surface area (Å²) in [5, 5.41) is 2.94. The Kier molecular flexibility index (Phi) is 4.66. The molecule has 124 valence electrons. The minimum atomic E-state index is -0.274. The van der Waals surface area contributed by atoms with Crippen molar-refractivity contribution in [1.29, 1.82) is 0 Å². The van der Waals surface area contributed by atoms with Crippen LogP contribution in [0.1, 0.15) is 30.4 Å². The van der Waals surface area contributed by atoms with Crippen molar-refractivity contribution in [3.8, 4) is 0 Å². The lowest BCUT2D eigenvalue weighted by molar-refractivity contribution is -0.126. The Labute approximate surface area is 137 Å². The molecule has 0 unspecified atom stereocenters.